The van der Waals surface area contributed by atoms with Crippen LogP contribution in [0.5, 0.6) is 17.2 Å². The largest absolute Gasteiger partial charge is 0.497 e. The van der Waals surface area contributed by atoms with E-state index in [9.17, 15) is 4.79 Å². The maximum Gasteiger partial charge on any atom is 0.224 e. The maximum atomic E-state index is 12.6. The molecule has 1 atom stereocenters. The van der Waals surface area contributed by atoms with Crippen LogP contribution in [0.1, 0.15) is 37.4 Å². The van der Waals surface area contributed by atoms with Crippen molar-refractivity contribution in [3.05, 3.63) is 53.6 Å². The molecule has 138 valence electrons. The number of nitrogens with one attached hydrogen (secondary N) is 1. The number of fused-ring (bicyclic) bond motifs is 1. The molecular formula is C21H25NO4. The SMILES string of the molecule is COc1ccc(CC(=O)N[C@H]2CC(C)(C)Oc3cc(OC)ccc32)cc1. The molecule has 1 heterocycles. The first-order chi connectivity index (χ1) is 12.4. The molecule has 0 radical (unpaired) electrons. The first-order valence-corrected chi connectivity index (χ1v) is 8.69. The van der Waals surface area contributed by atoms with Gasteiger partial charge in [-0.2, -0.15) is 0 Å². The Balaban J connectivity index is 1.75. The molecule has 1 aliphatic heterocycles. The summed E-state index contributed by atoms with van der Waals surface area (Å²) in [7, 11) is 3.25. The minimum Gasteiger partial charge on any atom is -0.497 e. The number of methoxy groups -OCH3 is 2. The van der Waals surface area contributed by atoms with E-state index >= 15 is 0 Å². The molecule has 26 heavy (non-hydrogen) atoms. The Morgan fingerprint density at radius 3 is 2.42 bits per heavy atom. The van der Waals surface area contributed by atoms with Crippen LogP contribution in [0.4, 0.5) is 0 Å². The molecule has 5 nitrogen and oxygen atoms in total. The van der Waals surface area contributed by atoms with Gasteiger partial charge in [0.2, 0.25) is 5.91 Å². The standard InChI is InChI=1S/C21H25NO4/c1-21(2)13-18(17-10-9-16(25-4)12-19(17)26-21)22-20(23)11-14-5-7-15(24-3)8-6-14/h5-10,12,18H,11,13H2,1-4H3,(H,22,23)/t18-/m0/s1. The molecule has 2 aromatic rings. The monoisotopic (exact) mass is 355 g/mol. The Morgan fingerprint density at radius 1 is 1.12 bits per heavy atom. The number of amides is 1. The fourth-order valence-electron chi connectivity index (χ4n) is 3.26. The number of hydrogen-bond acceptors (Lipinski definition) is 4. The van der Waals surface area contributed by atoms with Crippen molar-refractivity contribution in [2.24, 2.45) is 0 Å². The van der Waals surface area contributed by atoms with Gasteiger partial charge in [-0.15, -0.1) is 0 Å². The van der Waals surface area contributed by atoms with E-state index in [1.54, 1.807) is 14.2 Å². The Morgan fingerprint density at radius 2 is 1.77 bits per heavy atom. The van der Waals surface area contributed by atoms with Crippen molar-refractivity contribution in [3.8, 4) is 17.2 Å². The molecule has 0 aliphatic carbocycles. The minimum atomic E-state index is -0.364. The summed E-state index contributed by atoms with van der Waals surface area (Å²) in [6, 6.07) is 13.2. The van der Waals surface area contributed by atoms with E-state index < -0.39 is 0 Å². The summed E-state index contributed by atoms with van der Waals surface area (Å²) in [6.45, 7) is 4.05. The lowest BCUT2D eigenvalue weighted by Crippen LogP contribution is -2.41. The molecule has 0 bridgehead atoms. The van der Waals surface area contributed by atoms with Crippen LogP contribution >= 0.6 is 0 Å². The zero-order valence-electron chi connectivity index (χ0n) is 15.7. The highest BCUT2D eigenvalue weighted by Crippen LogP contribution is 2.41. The number of hydrogen-bond donors (Lipinski definition) is 1. The average Bonchev–Trinajstić information content (AvgIpc) is 2.60. The third kappa shape index (κ3) is 4.10. The molecule has 2 aromatic carbocycles. The number of ether oxygens (including phenoxy) is 3. The van der Waals surface area contributed by atoms with E-state index in [0.29, 0.717) is 12.8 Å². The van der Waals surface area contributed by atoms with Gasteiger partial charge in [0.15, 0.2) is 0 Å². The van der Waals surface area contributed by atoms with Gasteiger partial charge in [0.05, 0.1) is 26.7 Å². The van der Waals surface area contributed by atoms with Crippen LogP contribution in [0.25, 0.3) is 0 Å². The molecule has 0 saturated heterocycles. The second kappa shape index (κ2) is 7.28. The van der Waals surface area contributed by atoms with Gasteiger partial charge in [-0.05, 0) is 43.7 Å². The van der Waals surface area contributed by atoms with Gasteiger partial charge in [0.25, 0.3) is 0 Å². The van der Waals surface area contributed by atoms with Crippen molar-refractivity contribution >= 4 is 5.91 Å². The van der Waals surface area contributed by atoms with Crippen LogP contribution in [0.15, 0.2) is 42.5 Å². The molecule has 1 N–H and O–H groups in total. The Bertz CT molecular complexity index is 783. The number of carbonyl (C=O) groups excluding carboxylic acids is 1. The summed E-state index contributed by atoms with van der Waals surface area (Å²) < 4.78 is 16.5. The molecular weight excluding hydrogens is 330 g/mol. The molecule has 1 aliphatic rings. The van der Waals surface area contributed by atoms with Gasteiger partial charge >= 0.3 is 0 Å². The van der Waals surface area contributed by atoms with Crippen molar-refractivity contribution in [1.82, 2.24) is 5.32 Å². The Kier molecular flexibility index (Phi) is 5.07. The molecule has 0 saturated carbocycles. The Labute approximate surface area is 154 Å². The van der Waals surface area contributed by atoms with Gasteiger partial charge in [-0.25, -0.2) is 0 Å². The zero-order valence-corrected chi connectivity index (χ0v) is 15.7. The minimum absolute atomic E-state index is 0.0142. The van der Waals surface area contributed by atoms with Crippen LogP contribution in [0.2, 0.25) is 0 Å². The first kappa shape index (κ1) is 18.1. The maximum absolute atomic E-state index is 12.6. The van der Waals surface area contributed by atoms with E-state index in [1.807, 2.05) is 56.3 Å². The highest BCUT2D eigenvalue weighted by atomic mass is 16.5. The lowest BCUT2D eigenvalue weighted by Gasteiger charge is -2.38. The lowest BCUT2D eigenvalue weighted by atomic mass is 9.89. The normalized spacial score (nSPS) is 17.6. The predicted octanol–water partition coefficient (Wildman–Crippen LogP) is 3.66. The fourth-order valence-corrected chi connectivity index (χ4v) is 3.26. The predicted molar refractivity (Wildman–Crippen MR) is 99.9 cm³/mol. The van der Waals surface area contributed by atoms with Crippen LogP contribution in [-0.2, 0) is 11.2 Å². The third-order valence-electron chi connectivity index (χ3n) is 4.54. The summed E-state index contributed by atoms with van der Waals surface area (Å²) in [5, 5.41) is 3.15. The van der Waals surface area contributed by atoms with Crippen molar-refractivity contribution in [1.29, 1.82) is 0 Å². The van der Waals surface area contributed by atoms with E-state index in [4.69, 9.17) is 14.2 Å². The smallest absolute Gasteiger partial charge is 0.224 e. The average molecular weight is 355 g/mol. The summed E-state index contributed by atoms with van der Waals surface area (Å²) in [4.78, 5) is 12.6. The number of carbonyl (C=O) groups is 1. The van der Waals surface area contributed by atoms with E-state index in [2.05, 4.69) is 5.32 Å². The third-order valence-corrected chi connectivity index (χ3v) is 4.54. The lowest BCUT2D eigenvalue weighted by molar-refractivity contribution is -0.121. The Hall–Kier alpha value is -2.69. The molecule has 0 fully saturated rings. The van der Waals surface area contributed by atoms with Crippen LogP contribution in [-0.4, -0.2) is 25.7 Å². The topological polar surface area (TPSA) is 56.8 Å². The van der Waals surface area contributed by atoms with Crippen molar-refractivity contribution in [2.45, 2.75) is 38.3 Å². The van der Waals surface area contributed by atoms with Crippen LogP contribution < -0.4 is 19.5 Å². The van der Waals surface area contributed by atoms with Crippen molar-refractivity contribution in [3.63, 3.8) is 0 Å². The molecule has 0 spiro atoms. The number of benzene rings is 2. The molecule has 3 rings (SSSR count). The van der Waals surface area contributed by atoms with Crippen molar-refractivity contribution in [2.75, 3.05) is 14.2 Å². The first-order valence-electron chi connectivity index (χ1n) is 8.69. The summed E-state index contributed by atoms with van der Waals surface area (Å²) in [5.74, 6) is 2.27. The molecule has 0 unspecified atom stereocenters. The fraction of sp³-hybridized carbons (Fsp3) is 0.381. The van der Waals surface area contributed by atoms with Gasteiger partial charge in [-0.1, -0.05) is 12.1 Å². The second-order valence-electron chi connectivity index (χ2n) is 7.11. The summed E-state index contributed by atoms with van der Waals surface area (Å²) in [5.41, 5.74) is 1.56. The highest BCUT2D eigenvalue weighted by molar-refractivity contribution is 5.79. The molecule has 0 aromatic heterocycles. The van der Waals surface area contributed by atoms with Crippen LogP contribution in [0, 0.1) is 0 Å². The van der Waals surface area contributed by atoms with Gasteiger partial charge in [0.1, 0.15) is 22.8 Å². The summed E-state index contributed by atoms with van der Waals surface area (Å²) in [6.07, 6.45) is 1.04. The van der Waals surface area contributed by atoms with E-state index in [-0.39, 0.29) is 17.6 Å². The van der Waals surface area contributed by atoms with Gasteiger partial charge < -0.3 is 19.5 Å². The van der Waals surface area contributed by atoms with E-state index in [1.165, 1.54) is 0 Å². The number of rotatable bonds is 5. The van der Waals surface area contributed by atoms with Crippen molar-refractivity contribution < 1.29 is 19.0 Å². The van der Waals surface area contributed by atoms with Gasteiger partial charge in [0, 0.05) is 18.1 Å². The molecule has 1 amide bonds. The van der Waals surface area contributed by atoms with E-state index in [0.717, 1.165) is 28.4 Å². The second-order valence-corrected chi connectivity index (χ2v) is 7.11. The quantitative estimate of drug-likeness (QED) is 0.889. The highest BCUT2D eigenvalue weighted by Gasteiger charge is 2.34. The van der Waals surface area contributed by atoms with Gasteiger partial charge in [-0.3, -0.25) is 4.79 Å². The summed E-state index contributed by atoms with van der Waals surface area (Å²) >= 11 is 0. The molecule has 5 heteroatoms. The zero-order chi connectivity index (χ0) is 18.7. The van der Waals surface area contributed by atoms with Crippen LogP contribution in [0.3, 0.4) is 0 Å².